The molecular weight excluding hydrogens is 389 g/mol. The molecule has 0 radical (unpaired) electrons. The Morgan fingerprint density at radius 1 is 1.12 bits per heavy atom. The monoisotopic (exact) mass is 409 g/mol. The van der Waals surface area contributed by atoms with E-state index in [0.29, 0.717) is 0 Å². The first-order chi connectivity index (χ1) is 8.24. The van der Waals surface area contributed by atoms with Crippen LogP contribution in [0.5, 0.6) is 0 Å². The molecule has 0 atom stereocenters. The molecular formula is C14H21BrIN. The highest BCUT2D eigenvalue weighted by Crippen LogP contribution is 2.22. The van der Waals surface area contributed by atoms with Crippen LogP contribution in [0.25, 0.3) is 0 Å². The Kier molecular flexibility index (Phi) is 8.27. The van der Waals surface area contributed by atoms with Gasteiger partial charge in [-0.2, -0.15) is 0 Å². The summed E-state index contributed by atoms with van der Waals surface area (Å²) in [5.41, 5.74) is 1.24. The second-order valence-corrected chi connectivity index (χ2v) is 6.40. The van der Waals surface area contributed by atoms with Crippen LogP contribution in [0.2, 0.25) is 0 Å². The average Bonchev–Trinajstić information content (AvgIpc) is 2.32. The zero-order valence-corrected chi connectivity index (χ0v) is 14.2. The summed E-state index contributed by atoms with van der Waals surface area (Å²) in [7, 11) is 0. The third-order valence-electron chi connectivity index (χ3n) is 2.77. The average molecular weight is 410 g/mol. The third kappa shape index (κ3) is 6.65. The highest BCUT2D eigenvalue weighted by molar-refractivity contribution is 14.1. The van der Waals surface area contributed by atoms with E-state index in [2.05, 4.69) is 69.0 Å². The van der Waals surface area contributed by atoms with Gasteiger partial charge in [0.25, 0.3) is 0 Å². The van der Waals surface area contributed by atoms with Crippen molar-refractivity contribution in [3.05, 3.63) is 26.2 Å². The summed E-state index contributed by atoms with van der Waals surface area (Å²) in [4.78, 5) is 0. The lowest BCUT2D eigenvalue weighted by molar-refractivity contribution is 0.617. The fraction of sp³-hybridized carbons (Fsp3) is 0.571. The molecule has 1 aromatic rings. The van der Waals surface area contributed by atoms with E-state index in [4.69, 9.17) is 0 Å². The van der Waals surface area contributed by atoms with E-state index in [1.807, 2.05) is 0 Å². The summed E-state index contributed by atoms with van der Waals surface area (Å²) in [6, 6.07) is 6.37. The van der Waals surface area contributed by atoms with Crippen molar-refractivity contribution in [2.75, 3.05) is 11.9 Å². The zero-order valence-electron chi connectivity index (χ0n) is 10.4. The highest BCUT2D eigenvalue weighted by atomic mass is 127. The number of hydrogen-bond donors (Lipinski definition) is 1. The van der Waals surface area contributed by atoms with Gasteiger partial charge < -0.3 is 5.32 Å². The third-order valence-corrected chi connectivity index (χ3v) is 4.21. The van der Waals surface area contributed by atoms with Crippen LogP contribution in [0, 0.1) is 3.57 Å². The smallest absolute Gasteiger partial charge is 0.0487 e. The molecule has 1 N–H and O–H groups in total. The van der Waals surface area contributed by atoms with Crippen LogP contribution in [0.4, 0.5) is 5.69 Å². The quantitative estimate of drug-likeness (QED) is 0.421. The molecule has 0 unspecified atom stereocenters. The van der Waals surface area contributed by atoms with E-state index in [1.165, 1.54) is 47.8 Å². The van der Waals surface area contributed by atoms with E-state index in [0.717, 1.165) is 11.0 Å². The second kappa shape index (κ2) is 9.20. The van der Waals surface area contributed by atoms with Gasteiger partial charge in [0.15, 0.2) is 0 Å². The first-order valence-electron chi connectivity index (χ1n) is 6.43. The zero-order chi connectivity index (χ0) is 12.5. The van der Waals surface area contributed by atoms with Gasteiger partial charge in [-0.1, -0.05) is 55.0 Å². The van der Waals surface area contributed by atoms with Crippen LogP contribution >= 0.6 is 38.5 Å². The number of benzene rings is 1. The molecule has 0 aliphatic heterocycles. The minimum Gasteiger partial charge on any atom is -0.384 e. The lowest BCUT2D eigenvalue weighted by Gasteiger charge is -2.09. The van der Waals surface area contributed by atoms with Crippen molar-refractivity contribution in [2.45, 2.75) is 45.4 Å². The number of rotatable bonds is 8. The normalized spacial score (nSPS) is 10.5. The van der Waals surface area contributed by atoms with E-state index in [9.17, 15) is 0 Å². The summed E-state index contributed by atoms with van der Waals surface area (Å²) in [5, 5.41) is 3.51. The summed E-state index contributed by atoms with van der Waals surface area (Å²) >= 11 is 5.88. The van der Waals surface area contributed by atoms with Crippen LogP contribution in [0.15, 0.2) is 22.7 Å². The number of hydrogen-bond acceptors (Lipinski definition) is 1. The van der Waals surface area contributed by atoms with Gasteiger partial charge in [-0.15, -0.1) is 0 Å². The molecule has 1 nitrogen and oxygen atoms in total. The molecule has 0 saturated heterocycles. The summed E-state index contributed by atoms with van der Waals surface area (Å²) in [6.45, 7) is 3.34. The maximum absolute atomic E-state index is 3.51. The topological polar surface area (TPSA) is 12.0 Å². The summed E-state index contributed by atoms with van der Waals surface area (Å²) in [5.74, 6) is 0. The van der Waals surface area contributed by atoms with Gasteiger partial charge in [0.2, 0.25) is 0 Å². The van der Waals surface area contributed by atoms with Crippen molar-refractivity contribution in [3.63, 3.8) is 0 Å². The van der Waals surface area contributed by atoms with Gasteiger partial charge in [-0.3, -0.25) is 0 Å². The fourth-order valence-corrected chi connectivity index (χ4v) is 2.65. The largest absolute Gasteiger partial charge is 0.384 e. The molecule has 0 aliphatic carbocycles. The Labute approximate surface area is 127 Å². The number of unbranched alkanes of at least 4 members (excludes halogenated alkanes) is 5. The van der Waals surface area contributed by atoms with Crippen molar-refractivity contribution >= 4 is 44.2 Å². The molecule has 17 heavy (non-hydrogen) atoms. The standard InChI is InChI=1S/C14H21BrIN/c1-2-3-4-5-6-7-10-17-14-11-12(15)8-9-13(14)16/h8-9,11,17H,2-7,10H2,1H3. The first kappa shape index (κ1) is 15.3. The predicted molar refractivity (Wildman–Crippen MR) is 88.7 cm³/mol. The molecule has 0 aromatic heterocycles. The van der Waals surface area contributed by atoms with E-state index < -0.39 is 0 Å². The van der Waals surface area contributed by atoms with Crippen molar-refractivity contribution in [2.24, 2.45) is 0 Å². The molecule has 3 heteroatoms. The Balaban J connectivity index is 2.15. The lowest BCUT2D eigenvalue weighted by atomic mass is 10.1. The van der Waals surface area contributed by atoms with Crippen molar-refractivity contribution in [1.82, 2.24) is 0 Å². The lowest BCUT2D eigenvalue weighted by Crippen LogP contribution is -2.02. The minimum atomic E-state index is 1.08. The van der Waals surface area contributed by atoms with Crippen LogP contribution in [0.1, 0.15) is 45.4 Å². The molecule has 1 aromatic carbocycles. The molecule has 0 bridgehead atoms. The Morgan fingerprint density at radius 2 is 1.82 bits per heavy atom. The van der Waals surface area contributed by atoms with Gasteiger partial charge in [0, 0.05) is 20.3 Å². The van der Waals surface area contributed by atoms with Gasteiger partial charge in [-0.05, 0) is 47.2 Å². The van der Waals surface area contributed by atoms with Crippen molar-refractivity contribution in [1.29, 1.82) is 0 Å². The van der Waals surface area contributed by atoms with Crippen LogP contribution in [-0.4, -0.2) is 6.54 Å². The molecule has 0 heterocycles. The molecule has 0 aliphatic rings. The van der Waals surface area contributed by atoms with E-state index in [1.54, 1.807) is 0 Å². The van der Waals surface area contributed by atoms with Gasteiger partial charge in [-0.25, -0.2) is 0 Å². The van der Waals surface area contributed by atoms with Crippen LogP contribution in [-0.2, 0) is 0 Å². The SMILES string of the molecule is CCCCCCCCNc1cc(Br)ccc1I. The second-order valence-electron chi connectivity index (χ2n) is 4.32. The minimum absolute atomic E-state index is 1.08. The Hall–Kier alpha value is 0.230. The van der Waals surface area contributed by atoms with E-state index >= 15 is 0 Å². The van der Waals surface area contributed by atoms with Crippen molar-refractivity contribution in [3.8, 4) is 0 Å². The molecule has 1 rings (SSSR count). The molecule has 0 saturated carbocycles. The highest BCUT2D eigenvalue weighted by Gasteiger charge is 1.99. The van der Waals surface area contributed by atoms with Gasteiger partial charge in [0.05, 0.1) is 0 Å². The van der Waals surface area contributed by atoms with Gasteiger partial charge in [0.1, 0.15) is 0 Å². The fourth-order valence-electron chi connectivity index (χ4n) is 1.76. The molecule has 0 fully saturated rings. The summed E-state index contributed by atoms with van der Waals surface area (Å²) < 4.78 is 2.43. The Morgan fingerprint density at radius 3 is 2.59 bits per heavy atom. The van der Waals surface area contributed by atoms with Crippen LogP contribution in [0.3, 0.4) is 0 Å². The Bertz CT molecular complexity index is 328. The van der Waals surface area contributed by atoms with Gasteiger partial charge >= 0.3 is 0 Å². The molecule has 0 amide bonds. The number of nitrogens with one attached hydrogen (secondary N) is 1. The van der Waals surface area contributed by atoms with Crippen molar-refractivity contribution < 1.29 is 0 Å². The van der Waals surface area contributed by atoms with E-state index in [-0.39, 0.29) is 0 Å². The maximum atomic E-state index is 3.51. The number of halogens is 2. The molecule has 96 valence electrons. The first-order valence-corrected chi connectivity index (χ1v) is 8.30. The maximum Gasteiger partial charge on any atom is 0.0487 e. The predicted octanol–water partition coefficient (Wildman–Crippen LogP) is 5.83. The summed E-state index contributed by atoms with van der Waals surface area (Å²) in [6.07, 6.45) is 8.10. The number of anilines is 1. The van der Waals surface area contributed by atoms with Crippen LogP contribution < -0.4 is 5.32 Å². The molecule has 0 spiro atoms.